The van der Waals surface area contributed by atoms with Crippen LogP contribution in [-0.4, -0.2) is 23.9 Å². The highest BCUT2D eigenvalue weighted by molar-refractivity contribution is 6.30. The van der Waals surface area contributed by atoms with Crippen molar-refractivity contribution >= 4 is 17.5 Å². The van der Waals surface area contributed by atoms with E-state index in [0.29, 0.717) is 28.9 Å². The molecule has 3 nitrogen and oxygen atoms in total. The minimum Gasteiger partial charge on any atom is -0.489 e. The molecular formula is C19H20ClNO2. The van der Waals surface area contributed by atoms with Crippen LogP contribution < -0.4 is 4.74 Å². The number of ether oxygens (including phenoxy) is 1. The first-order chi connectivity index (χ1) is 11.1. The van der Waals surface area contributed by atoms with Gasteiger partial charge in [0.25, 0.3) is 5.91 Å². The Morgan fingerprint density at radius 2 is 2.09 bits per heavy atom. The summed E-state index contributed by atoms with van der Waals surface area (Å²) in [7, 11) is 0. The molecule has 3 rings (SSSR count). The Bertz CT molecular complexity index is 701. The average molecular weight is 330 g/mol. The van der Waals surface area contributed by atoms with Gasteiger partial charge in [-0.2, -0.15) is 0 Å². The first kappa shape index (κ1) is 15.9. The molecule has 4 heteroatoms. The zero-order chi connectivity index (χ0) is 16.2. The summed E-state index contributed by atoms with van der Waals surface area (Å²) >= 11 is 5.97. The van der Waals surface area contributed by atoms with Gasteiger partial charge in [0.1, 0.15) is 12.4 Å². The van der Waals surface area contributed by atoms with E-state index in [1.807, 2.05) is 53.4 Å². The number of benzene rings is 2. The second-order valence-electron chi connectivity index (χ2n) is 6.09. The van der Waals surface area contributed by atoms with E-state index in [9.17, 15) is 4.79 Å². The van der Waals surface area contributed by atoms with Crippen LogP contribution in [0.15, 0.2) is 48.5 Å². The lowest BCUT2D eigenvalue weighted by molar-refractivity contribution is 0.0787. The minimum atomic E-state index is 0.0857. The first-order valence-corrected chi connectivity index (χ1v) is 8.26. The molecule has 1 fully saturated rings. The smallest absolute Gasteiger partial charge is 0.253 e. The number of amides is 1. The number of halogens is 1. The predicted octanol–water partition coefficient (Wildman–Crippen LogP) is 4.40. The standard InChI is InChI=1S/C19H20ClNO2/c1-14-8-9-21(12-14)19(22)16-5-3-7-18(11-16)23-13-15-4-2-6-17(20)10-15/h2-7,10-11,14H,8-9,12-13H2,1H3. The topological polar surface area (TPSA) is 29.5 Å². The van der Waals surface area contributed by atoms with Gasteiger partial charge in [-0.15, -0.1) is 0 Å². The zero-order valence-electron chi connectivity index (χ0n) is 13.2. The van der Waals surface area contributed by atoms with E-state index in [-0.39, 0.29) is 5.91 Å². The summed E-state index contributed by atoms with van der Waals surface area (Å²) in [6.07, 6.45) is 1.08. The van der Waals surface area contributed by atoms with E-state index in [1.165, 1.54) is 0 Å². The molecule has 23 heavy (non-hydrogen) atoms. The predicted molar refractivity (Wildman–Crippen MR) is 91.9 cm³/mol. The minimum absolute atomic E-state index is 0.0857. The maximum Gasteiger partial charge on any atom is 0.253 e. The third kappa shape index (κ3) is 4.05. The van der Waals surface area contributed by atoms with Gasteiger partial charge in [0, 0.05) is 23.7 Å². The Morgan fingerprint density at radius 1 is 1.26 bits per heavy atom. The molecule has 0 saturated carbocycles. The molecule has 1 unspecified atom stereocenters. The van der Waals surface area contributed by atoms with Gasteiger partial charge < -0.3 is 9.64 Å². The molecule has 120 valence electrons. The van der Waals surface area contributed by atoms with E-state index in [1.54, 1.807) is 0 Å². The fourth-order valence-electron chi connectivity index (χ4n) is 2.81. The van der Waals surface area contributed by atoms with E-state index in [0.717, 1.165) is 25.1 Å². The van der Waals surface area contributed by atoms with Crippen LogP contribution in [0, 0.1) is 5.92 Å². The Balaban J connectivity index is 1.66. The molecule has 1 amide bonds. The van der Waals surface area contributed by atoms with Crippen LogP contribution in [0.4, 0.5) is 0 Å². The number of nitrogens with zero attached hydrogens (tertiary/aromatic N) is 1. The molecular weight excluding hydrogens is 310 g/mol. The lowest BCUT2D eigenvalue weighted by atomic mass is 10.1. The van der Waals surface area contributed by atoms with Crippen LogP contribution in [0.1, 0.15) is 29.3 Å². The Hall–Kier alpha value is -2.00. The molecule has 0 spiro atoms. The molecule has 0 aromatic heterocycles. The molecule has 2 aromatic rings. The van der Waals surface area contributed by atoms with E-state index >= 15 is 0 Å². The number of carbonyl (C=O) groups is 1. The van der Waals surface area contributed by atoms with Crippen molar-refractivity contribution in [2.24, 2.45) is 5.92 Å². The van der Waals surface area contributed by atoms with Gasteiger partial charge >= 0.3 is 0 Å². The molecule has 0 aliphatic carbocycles. The summed E-state index contributed by atoms with van der Waals surface area (Å²) in [5, 5.41) is 0.693. The zero-order valence-corrected chi connectivity index (χ0v) is 13.9. The van der Waals surface area contributed by atoms with Gasteiger partial charge in [0.2, 0.25) is 0 Å². The second-order valence-corrected chi connectivity index (χ2v) is 6.53. The monoisotopic (exact) mass is 329 g/mol. The Morgan fingerprint density at radius 3 is 2.83 bits per heavy atom. The summed E-state index contributed by atoms with van der Waals surface area (Å²) < 4.78 is 5.79. The van der Waals surface area contributed by atoms with Crippen molar-refractivity contribution in [3.05, 3.63) is 64.7 Å². The molecule has 0 radical (unpaired) electrons. The number of hydrogen-bond donors (Lipinski definition) is 0. The van der Waals surface area contributed by atoms with Crippen molar-refractivity contribution in [1.29, 1.82) is 0 Å². The lowest BCUT2D eigenvalue weighted by Crippen LogP contribution is -2.28. The maximum atomic E-state index is 12.5. The molecule has 0 bridgehead atoms. The van der Waals surface area contributed by atoms with Crippen LogP contribution in [0.3, 0.4) is 0 Å². The fourth-order valence-corrected chi connectivity index (χ4v) is 3.03. The van der Waals surface area contributed by atoms with Crippen LogP contribution in [0.2, 0.25) is 5.02 Å². The third-order valence-electron chi connectivity index (χ3n) is 4.09. The number of carbonyl (C=O) groups excluding carboxylic acids is 1. The van der Waals surface area contributed by atoms with Crippen molar-refractivity contribution in [1.82, 2.24) is 4.90 Å². The molecule has 1 atom stereocenters. The summed E-state index contributed by atoms with van der Waals surface area (Å²) in [6.45, 7) is 4.29. The summed E-state index contributed by atoms with van der Waals surface area (Å²) in [5.41, 5.74) is 1.69. The second kappa shape index (κ2) is 7.05. The van der Waals surface area contributed by atoms with Gasteiger partial charge in [0.15, 0.2) is 0 Å². The van der Waals surface area contributed by atoms with Gasteiger partial charge in [-0.3, -0.25) is 4.79 Å². The van der Waals surface area contributed by atoms with Crippen molar-refractivity contribution < 1.29 is 9.53 Å². The summed E-state index contributed by atoms with van der Waals surface area (Å²) in [4.78, 5) is 14.4. The van der Waals surface area contributed by atoms with Gasteiger partial charge in [-0.1, -0.05) is 36.7 Å². The van der Waals surface area contributed by atoms with Crippen LogP contribution in [0.5, 0.6) is 5.75 Å². The van der Waals surface area contributed by atoms with Crippen molar-refractivity contribution in [2.75, 3.05) is 13.1 Å². The fraction of sp³-hybridized carbons (Fsp3) is 0.316. The van der Waals surface area contributed by atoms with Crippen molar-refractivity contribution in [2.45, 2.75) is 20.0 Å². The van der Waals surface area contributed by atoms with Crippen molar-refractivity contribution in [3.63, 3.8) is 0 Å². The van der Waals surface area contributed by atoms with Crippen LogP contribution >= 0.6 is 11.6 Å². The van der Waals surface area contributed by atoms with E-state index < -0.39 is 0 Å². The van der Waals surface area contributed by atoms with Crippen LogP contribution in [-0.2, 0) is 6.61 Å². The molecule has 1 heterocycles. The average Bonchev–Trinajstić information content (AvgIpc) is 2.99. The van der Waals surface area contributed by atoms with Gasteiger partial charge in [-0.25, -0.2) is 0 Å². The highest BCUT2D eigenvalue weighted by atomic mass is 35.5. The highest BCUT2D eigenvalue weighted by Gasteiger charge is 2.24. The number of rotatable bonds is 4. The van der Waals surface area contributed by atoms with Gasteiger partial charge in [-0.05, 0) is 48.2 Å². The molecule has 2 aromatic carbocycles. The molecule has 1 aliphatic heterocycles. The molecule has 0 N–H and O–H groups in total. The van der Waals surface area contributed by atoms with Gasteiger partial charge in [0.05, 0.1) is 0 Å². The first-order valence-electron chi connectivity index (χ1n) is 7.88. The quantitative estimate of drug-likeness (QED) is 0.832. The van der Waals surface area contributed by atoms with Crippen molar-refractivity contribution in [3.8, 4) is 5.75 Å². The summed E-state index contributed by atoms with van der Waals surface area (Å²) in [5.74, 6) is 1.37. The third-order valence-corrected chi connectivity index (χ3v) is 4.32. The molecule has 1 saturated heterocycles. The Kier molecular flexibility index (Phi) is 4.87. The van der Waals surface area contributed by atoms with E-state index in [2.05, 4.69) is 6.92 Å². The summed E-state index contributed by atoms with van der Waals surface area (Å²) in [6, 6.07) is 15.0. The van der Waals surface area contributed by atoms with Crippen LogP contribution in [0.25, 0.3) is 0 Å². The SMILES string of the molecule is CC1CCN(C(=O)c2cccc(OCc3cccc(Cl)c3)c2)C1. The van der Waals surface area contributed by atoms with E-state index in [4.69, 9.17) is 16.3 Å². The molecule has 1 aliphatic rings. The number of likely N-dealkylation sites (tertiary alicyclic amines) is 1. The largest absolute Gasteiger partial charge is 0.489 e. The lowest BCUT2D eigenvalue weighted by Gasteiger charge is -2.16. The maximum absolute atomic E-state index is 12.5. The number of hydrogen-bond acceptors (Lipinski definition) is 2. The normalized spacial score (nSPS) is 17.3. The Labute approximate surface area is 141 Å². The highest BCUT2D eigenvalue weighted by Crippen LogP contribution is 2.21.